The fraction of sp³-hybridized carbons (Fsp3) is 0.481. The van der Waals surface area contributed by atoms with Crippen molar-refractivity contribution < 1.29 is 24.2 Å². The van der Waals surface area contributed by atoms with Crippen molar-refractivity contribution in [3.8, 4) is 0 Å². The molecule has 5 atom stereocenters. The van der Waals surface area contributed by atoms with Gasteiger partial charge in [0.25, 0.3) is 5.91 Å². The van der Waals surface area contributed by atoms with Crippen molar-refractivity contribution >= 4 is 47.4 Å². The Bertz CT molecular complexity index is 1170. The van der Waals surface area contributed by atoms with Crippen LogP contribution < -0.4 is 4.90 Å². The molecule has 3 heterocycles. The average Bonchev–Trinajstić information content (AvgIpc) is 3.49. The first-order valence-corrected chi connectivity index (χ1v) is 16.4. The molecule has 3 aliphatic heterocycles. The fourth-order valence-electron chi connectivity index (χ4n) is 6.65. The zero-order valence-electron chi connectivity index (χ0n) is 20.9. The van der Waals surface area contributed by atoms with Crippen LogP contribution in [0.1, 0.15) is 31.7 Å². The molecule has 7 nitrogen and oxygen atoms in total. The van der Waals surface area contributed by atoms with Gasteiger partial charge in [0, 0.05) is 33.7 Å². The van der Waals surface area contributed by atoms with Gasteiger partial charge < -0.3 is 19.5 Å². The van der Waals surface area contributed by atoms with Gasteiger partial charge in [-0.25, -0.2) is 0 Å². The Balaban J connectivity index is 1.58. The molecule has 2 amide bonds. The Labute approximate surface area is 221 Å². The van der Waals surface area contributed by atoms with Gasteiger partial charge in [-0.05, 0) is 56.3 Å². The van der Waals surface area contributed by atoms with Crippen LogP contribution in [0.5, 0.6) is 0 Å². The van der Waals surface area contributed by atoms with E-state index in [-0.39, 0.29) is 42.3 Å². The van der Waals surface area contributed by atoms with Crippen molar-refractivity contribution in [1.29, 1.82) is 0 Å². The monoisotopic (exact) mass is 572 g/mol. The Morgan fingerprint density at radius 1 is 1.22 bits per heavy atom. The second kappa shape index (κ2) is 9.36. The van der Waals surface area contributed by atoms with E-state index < -0.39 is 20.0 Å². The summed E-state index contributed by atoms with van der Waals surface area (Å²) in [6, 6.07) is 15.1. The number of carbonyl (C=O) groups is 2. The van der Waals surface area contributed by atoms with Crippen LogP contribution in [0.3, 0.4) is 0 Å². The lowest BCUT2D eigenvalue weighted by atomic mass is 9.82. The Morgan fingerprint density at radius 3 is 2.61 bits per heavy atom. The number of aliphatic hydroxyl groups is 1. The molecule has 5 rings (SSSR count). The predicted molar refractivity (Wildman–Crippen MR) is 143 cm³/mol. The summed E-state index contributed by atoms with van der Waals surface area (Å²) in [5, 5.41) is 9.73. The predicted octanol–water partition coefficient (Wildman–Crippen LogP) is 4.30. The van der Waals surface area contributed by atoms with E-state index in [1.807, 2.05) is 68.5 Å². The summed E-state index contributed by atoms with van der Waals surface area (Å²) in [5.74, 6) is -0.630. The van der Waals surface area contributed by atoms with Crippen molar-refractivity contribution in [3.63, 3.8) is 0 Å². The quantitative estimate of drug-likeness (QED) is 0.521. The summed E-state index contributed by atoms with van der Waals surface area (Å²) in [7, 11) is -2.87. The number of amides is 2. The van der Waals surface area contributed by atoms with Crippen LogP contribution in [0.4, 0.5) is 11.4 Å². The number of rotatable bonds is 5. The molecular formula is C27H33BrN2O5Si. The van der Waals surface area contributed by atoms with Crippen molar-refractivity contribution in [2.75, 3.05) is 18.1 Å². The van der Waals surface area contributed by atoms with Crippen molar-refractivity contribution in [2.24, 2.45) is 5.92 Å². The van der Waals surface area contributed by atoms with E-state index in [2.05, 4.69) is 15.9 Å². The standard InChI is InChI=1S/C27H33BrN2O5Si/c1-17-25(36(2,3)34)23(15-24(32)29-13-7-10-20(29)16-31)35-27(17)21-14-18(28)11-12-22(21)30(26(27)33)19-8-5-4-6-9-19/h4-6,8-9,11-12,14,17,20,23,25,31,34H,7,10,13,15-16H2,1-3H3/t17-,20-,23+,25-,27+/m0/s1. The van der Waals surface area contributed by atoms with Gasteiger partial charge in [-0.3, -0.25) is 14.5 Å². The highest BCUT2D eigenvalue weighted by molar-refractivity contribution is 9.10. The van der Waals surface area contributed by atoms with Crippen molar-refractivity contribution in [3.05, 3.63) is 58.6 Å². The van der Waals surface area contributed by atoms with Gasteiger partial charge in [0.05, 0.1) is 30.9 Å². The number of para-hydroxylation sites is 1. The Hall–Kier alpha value is -2.04. The molecule has 0 bridgehead atoms. The first-order valence-electron chi connectivity index (χ1n) is 12.6. The minimum Gasteiger partial charge on any atom is -0.432 e. The number of ether oxygens (including phenoxy) is 1. The first kappa shape index (κ1) is 25.6. The lowest BCUT2D eigenvalue weighted by Crippen LogP contribution is -2.45. The minimum atomic E-state index is -2.87. The number of hydrogen-bond donors (Lipinski definition) is 2. The maximum Gasteiger partial charge on any atom is 0.268 e. The summed E-state index contributed by atoms with van der Waals surface area (Å²) in [6.07, 6.45) is 1.11. The highest BCUT2D eigenvalue weighted by atomic mass is 79.9. The number of nitrogens with zero attached hydrogens (tertiary/aromatic N) is 2. The van der Waals surface area contributed by atoms with Crippen LogP contribution in [0.15, 0.2) is 53.0 Å². The van der Waals surface area contributed by atoms with E-state index in [1.165, 1.54) is 0 Å². The van der Waals surface area contributed by atoms with Gasteiger partial charge >= 0.3 is 0 Å². The van der Waals surface area contributed by atoms with Gasteiger partial charge in [-0.15, -0.1) is 0 Å². The number of halogens is 1. The molecule has 0 radical (unpaired) electrons. The molecule has 2 aromatic carbocycles. The number of aliphatic hydroxyl groups excluding tert-OH is 1. The largest absolute Gasteiger partial charge is 0.432 e. The molecule has 3 aliphatic rings. The number of hydrogen-bond acceptors (Lipinski definition) is 5. The summed E-state index contributed by atoms with van der Waals surface area (Å²) in [5.41, 5.74) is 0.621. The van der Waals surface area contributed by atoms with Crippen LogP contribution >= 0.6 is 15.9 Å². The maximum atomic E-state index is 14.4. The second-order valence-electron chi connectivity index (χ2n) is 10.8. The molecular weight excluding hydrogens is 540 g/mol. The molecule has 0 saturated carbocycles. The molecule has 1 spiro atoms. The van der Waals surface area contributed by atoms with Crippen LogP contribution in [0, 0.1) is 5.92 Å². The molecule has 36 heavy (non-hydrogen) atoms. The third-order valence-electron chi connectivity index (χ3n) is 8.15. The van der Waals surface area contributed by atoms with Crippen molar-refractivity contribution in [1.82, 2.24) is 4.90 Å². The number of benzene rings is 2. The summed E-state index contributed by atoms with van der Waals surface area (Å²) >= 11 is 3.57. The van der Waals surface area contributed by atoms with E-state index in [1.54, 1.807) is 9.80 Å². The molecule has 0 aliphatic carbocycles. The number of likely N-dealkylation sites (tertiary alicyclic amines) is 1. The Morgan fingerprint density at radius 2 is 1.94 bits per heavy atom. The smallest absolute Gasteiger partial charge is 0.268 e. The normalized spacial score (nSPS) is 29.9. The van der Waals surface area contributed by atoms with Crippen LogP contribution in [0.2, 0.25) is 18.6 Å². The highest BCUT2D eigenvalue weighted by Crippen LogP contribution is 2.61. The van der Waals surface area contributed by atoms with E-state index in [4.69, 9.17) is 4.74 Å². The molecule has 0 unspecified atom stereocenters. The lowest BCUT2D eigenvalue weighted by Gasteiger charge is -2.32. The zero-order chi connectivity index (χ0) is 25.8. The molecule has 192 valence electrons. The van der Waals surface area contributed by atoms with E-state index in [0.717, 1.165) is 34.3 Å². The number of anilines is 2. The molecule has 2 aromatic rings. The van der Waals surface area contributed by atoms with Crippen molar-refractivity contribution in [2.45, 2.75) is 62.6 Å². The minimum absolute atomic E-state index is 0.0623. The number of carbonyl (C=O) groups excluding carboxylic acids is 2. The maximum absolute atomic E-state index is 14.4. The third kappa shape index (κ3) is 3.96. The summed E-state index contributed by atoms with van der Waals surface area (Å²) < 4.78 is 7.59. The van der Waals surface area contributed by atoms with Gasteiger partial charge in [-0.2, -0.15) is 0 Å². The number of fused-ring (bicyclic) bond motifs is 2. The molecule has 2 fully saturated rings. The van der Waals surface area contributed by atoms with E-state index >= 15 is 0 Å². The fourth-order valence-corrected chi connectivity index (χ4v) is 9.57. The van der Waals surface area contributed by atoms with Crippen LogP contribution in [-0.4, -0.2) is 60.2 Å². The molecule has 9 heteroatoms. The van der Waals surface area contributed by atoms with Gasteiger partial charge in [-0.1, -0.05) is 41.1 Å². The van der Waals surface area contributed by atoms with E-state index in [0.29, 0.717) is 6.54 Å². The molecule has 2 N–H and O–H groups in total. The molecule has 0 aromatic heterocycles. The SMILES string of the molecule is C[C@H]1[C@H]([Si](C)(C)O)[C@@H](CC(=O)N2CCC[C@H]2CO)O[C@]12C(=O)N(c1ccccc1)c1ccc(Br)cc12. The van der Waals surface area contributed by atoms with Crippen LogP contribution in [0.25, 0.3) is 0 Å². The lowest BCUT2D eigenvalue weighted by molar-refractivity contribution is -0.149. The average molecular weight is 574 g/mol. The zero-order valence-corrected chi connectivity index (χ0v) is 23.4. The second-order valence-corrected chi connectivity index (χ2v) is 15.7. The van der Waals surface area contributed by atoms with Gasteiger partial charge in [0.2, 0.25) is 5.91 Å². The highest BCUT2D eigenvalue weighted by Gasteiger charge is 2.66. The van der Waals surface area contributed by atoms with Crippen LogP contribution in [-0.2, 0) is 19.9 Å². The van der Waals surface area contributed by atoms with E-state index in [9.17, 15) is 19.5 Å². The van der Waals surface area contributed by atoms with Gasteiger partial charge in [0.15, 0.2) is 13.9 Å². The van der Waals surface area contributed by atoms with Gasteiger partial charge in [0.1, 0.15) is 0 Å². The molecule has 2 saturated heterocycles. The topological polar surface area (TPSA) is 90.3 Å². The first-order chi connectivity index (χ1) is 17.1. The Kier molecular flexibility index (Phi) is 6.66. The third-order valence-corrected chi connectivity index (χ3v) is 11.1. The summed E-state index contributed by atoms with van der Waals surface area (Å²) in [4.78, 5) is 42.6. The summed E-state index contributed by atoms with van der Waals surface area (Å²) in [6.45, 7) is 6.24.